The molecule has 0 aliphatic rings. The minimum Gasteiger partial charge on any atom is -0.338 e. The molecule has 2 aromatic heterocycles. The average Bonchev–Trinajstić information content (AvgIpc) is 3.12. The molecule has 102 valence electrons. The maximum absolute atomic E-state index is 6.12. The third kappa shape index (κ3) is 3.12. The summed E-state index contributed by atoms with van der Waals surface area (Å²) in [6, 6.07) is 13.9. The van der Waals surface area contributed by atoms with Crippen LogP contribution in [0.5, 0.6) is 0 Å². The predicted octanol–water partition coefficient (Wildman–Crippen LogP) is 2.96. The smallest absolute Gasteiger partial charge is 0.243 e. The number of hydrogen-bond acceptors (Lipinski definition) is 5. The monoisotopic (exact) mass is 285 g/mol. The molecule has 2 heterocycles. The van der Waals surface area contributed by atoms with Crippen LogP contribution in [0.1, 0.15) is 28.2 Å². The van der Waals surface area contributed by atoms with Gasteiger partial charge in [-0.05, 0) is 23.4 Å². The van der Waals surface area contributed by atoms with Gasteiger partial charge in [-0.15, -0.1) is 11.3 Å². The van der Waals surface area contributed by atoms with Crippen molar-refractivity contribution in [2.45, 2.75) is 18.9 Å². The summed E-state index contributed by atoms with van der Waals surface area (Å²) in [6.45, 7) is 0. The molecule has 20 heavy (non-hydrogen) atoms. The fourth-order valence-electron chi connectivity index (χ4n) is 2.01. The molecule has 0 unspecified atom stereocenters. The van der Waals surface area contributed by atoms with Crippen LogP contribution in [0, 0.1) is 0 Å². The van der Waals surface area contributed by atoms with E-state index in [2.05, 4.69) is 16.2 Å². The Kier molecular flexibility index (Phi) is 3.90. The van der Waals surface area contributed by atoms with Gasteiger partial charge in [0.05, 0.1) is 6.04 Å². The molecule has 0 spiro atoms. The molecule has 0 amide bonds. The largest absolute Gasteiger partial charge is 0.338 e. The number of thiophene rings is 1. The summed E-state index contributed by atoms with van der Waals surface area (Å²) in [5.41, 5.74) is 7.28. The molecule has 0 saturated heterocycles. The second-order valence-corrected chi connectivity index (χ2v) is 5.63. The third-order valence-corrected chi connectivity index (χ3v) is 3.89. The minimum absolute atomic E-state index is 0.262. The highest BCUT2D eigenvalue weighted by atomic mass is 32.1. The van der Waals surface area contributed by atoms with Crippen LogP contribution in [0.4, 0.5) is 0 Å². The second kappa shape index (κ2) is 5.98. The standard InChI is InChI=1S/C15H15N3OS/c16-13(9-11-5-2-1-3-6-11)15-17-14(18-19-15)10-12-7-4-8-20-12/h1-8,13H,9-10,16H2/t13-/m1/s1. The Hall–Kier alpha value is -1.98. The number of aromatic nitrogens is 2. The van der Waals surface area contributed by atoms with Crippen LogP contribution in [-0.4, -0.2) is 10.1 Å². The molecule has 1 atom stereocenters. The first-order chi connectivity index (χ1) is 9.81. The van der Waals surface area contributed by atoms with Crippen LogP contribution in [0.3, 0.4) is 0 Å². The van der Waals surface area contributed by atoms with Crippen LogP contribution in [0.15, 0.2) is 52.4 Å². The van der Waals surface area contributed by atoms with Gasteiger partial charge in [0, 0.05) is 11.3 Å². The quantitative estimate of drug-likeness (QED) is 0.782. The van der Waals surface area contributed by atoms with E-state index >= 15 is 0 Å². The molecule has 0 aliphatic carbocycles. The Morgan fingerprint density at radius 3 is 2.75 bits per heavy atom. The fourth-order valence-corrected chi connectivity index (χ4v) is 2.72. The van der Waals surface area contributed by atoms with Gasteiger partial charge in [-0.3, -0.25) is 0 Å². The predicted molar refractivity (Wildman–Crippen MR) is 78.5 cm³/mol. The Balaban J connectivity index is 1.67. The number of nitrogens with zero attached hydrogens (tertiary/aromatic N) is 2. The third-order valence-electron chi connectivity index (χ3n) is 3.01. The van der Waals surface area contributed by atoms with E-state index in [9.17, 15) is 0 Å². The molecule has 3 aromatic rings. The van der Waals surface area contributed by atoms with Crippen molar-refractivity contribution in [1.82, 2.24) is 10.1 Å². The zero-order chi connectivity index (χ0) is 13.8. The maximum atomic E-state index is 6.12. The van der Waals surface area contributed by atoms with Crippen molar-refractivity contribution in [3.63, 3.8) is 0 Å². The topological polar surface area (TPSA) is 64.9 Å². The molecule has 0 radical (unpaired) electrons. The lowest BCUT2D eigenvalue weighted by Gasteiger charge is -2.05. The molecule has 4 nitrogen and oxygen atoms in total. The zero-order valence-electron chi connectivity index (χ0n) is 10.9. The molecular formula is C15H15N3OS. The van der Waals surface area contributed by atoms with Gasteiger partial charge in [0.25, 0.3) is 0 Å². The number of benzene rings is 1. The van der Waals surface area contributed by atoms with Gasteiger partial charge in [-0.25, -0.2) is 0 Å². The van der Waals surface area contributed by atoms with E-state index in [0.29, 0.717) is 24.6 Å². The Morgan fingerprint density at radius 2 is 2.00 bits per heavy atom. The number of hydrogen-bond donors (Lipinski definition) is 1. The van der Waals surface area contributed by atoms with Crippen molar-refractivity contribution >= 4 is 11.3 Å². The van der Waals surface area contributed by atoms with Crippen molar-refractivity contribution in [1.29, 1.82) is 0 Å². The molecule has 1 aromatic carbocycles. The number of rotatable bonds is 5. The van der Waals surface area contributed by atoms with E-state index in [1.54, 1.807) is 11.3 Å². The summed E-state index contributed by atoms with van der Waals surface area (Å²) in [7, 11) is 0. The lowest BCUT2D eigenvalue weighted by Crippen LogP contribution is -2.13. The molecule has 5 heteroatoms. The van der Waals surface area contributed by atoms with Crippen molar-refractivity contribution < 1.29 is 4.52 Å². The first-order valence-electron chi connectivity index (χ1n) is 6.45. The summed E-state index contributed by atoms with van der Waals surface area (Å²) in [6.07, 6.45) is 1.39. The maximum Gasteiger partial charge on any atom is 0.243 e. The molecule has 0 bridgehead atoms. The average molecular weight is 285 g/mol. The Labute approximate surface area is 121 Å². The van der Waals surface area contributed by atoms with Gasteiger partial charge in [0.15, 0.2) is 5.82 Å². The SMILES string of the molecule is N[C@H](Cc1ccccc1)c1nc(Cc2cccs2)no1. The van der Waals surface area contributed by atoms with Crippen LogP contribution >= 0.6 is 11.3 Å². The van der Waals surface area contributed by atoms with Gasteiger partial charge in [0.1, 0.15) is 0 Å². The molecule has 2 N–H and O–H groups in total. The van der Waals surface area contributed by atoms with Gasteiger partial charge >= 0.3 is 0 Å². The van der Waals surface area contributed by atoms with E-state index < -0.39 is 0 Å². The van der Waals surface area contributed by atoms with Gasteiger partial charge in [-0.2, -0.15) is 4.98 Å². The highest BCUT2D eigenvalue weighted by Gasteiger charge is 2.15. The van der Waals surface area contributed by atoms with Crippen LogP contribution in [-0.2, 0) is 12.8 Å². The van der Waals surface area contributed by atoms with Gasteiger partial charge in [0.2, 0.25) is 5.89 Å². The number of nitrogens with two attached hydrogens (primary N) is 1. The molecule has 3 rings (SSSR count). The first kappa shape index (κ1) is 13.0. The van der Waals surface area contributed by atoms with Crippen LogP contribution in [0.2, 0.25) is 0 Å². The minimum atomic E-state index is -0.262. The van der Waals surface area contributed by atoms with Crippen molar-refractivity contribution in [2.24, 2.45) is 5.73 Å². The van der Waals surface area contributed by atoms with Gasteiger partial charge < -0.3 is 10.3 Å². The second-order valence-electron chi connectivity index (χ2n) is 4.60. The Bertz CT molecular complexity index is 649. The van der Waals surface area contributed by atoms with Crippen LogP contribution in [0.25, 0.3) is 0 Å². The summed E-state index contributed by atoms with van der Waals surface area (Å²) < 4.78 is 5.27. The molecule has 0 fully saturated rings. The summed E-state index contributed by atoms with van der Waals surface area (Å²) in [5.74, 6) is 1.19. The summed E-state index contributed by atoms with van der Waals surface area (Å²) >= 11 is 1.69. The zero-order valence-corrected chi connectivity index (χ0v) is 11.7. The van der Waals surface area contributed by atoms with Crippen molar-refractivity contribution in [3.05, 3.63) is 70.0 Å². The van der Waals surface area contributed by atoms with E-state index in [0.717, 1.165) is 5.56 Å². The highest BCUT2D eigenvalue weighted by Crippen LogP contribution is 2.17. The fraction of sp³-hybridized carbons (Fsp3) is 0.200. The van der Waals surface area contributed by atoms with Crippen molar-refractivity contribution in [3.8, 4) is 0 Å². The first-order valence-corrected chi connectivity index (χ1v) is 7.33. The Morgan fingerprint density at radius 1 is 1.15 bits per heavy atom. The molecule has 0 aliphatic heterocycles. The summed E-state index contributed by atoms with van der Waals surface area (Å²) in [4.78, 5) is 5.60. The van der Waals surface area contributed by atoms with E-state index in [1.807, 2.05) is 41.8 Å². The highest BCUT2D eigenvalue weighted by molar-refractivity contribution is 7.09. The van der Waals surface area contributed by atoms with Gasteiger partial charge in [-0.1, -0.05) is 41.6 Å². The van der Waals surface area contributed by atoms with Crippen molar-refractivity contribution in [2.75, 3.05) is 0 Å². The van der Waals surface area contributed by atoms with E-state index in [4.69, 9.17) is 10.3 Å². The lowest BCUT2D eigenvalue weighted by molar-refractivity contribution is 0.350. The van der Waals surface area contributed by atoms with Crippen LogP contribution < -0.4 is 5.73 Å². The molecule has 0 saturated carbocycles. The van der Waals surface area contributed by atoms with E-state index in [-0.39, 0.29) is 6.04 Å². The normalized spacial score (nSPS) is 12.4. The molecular weight excluding hydrogens is 270 g/mol. The summed E-state index contributed by atoms with van der Waals surface area (Å²) in [5, 5.41) is 6.03. The lowest BCUT2D eigenvalue weighted by atomic mass is 10.1. The van der Waals surface area contributed by atoms with E-state index in [1.165, 1.54) is 4.88 Å².